The third kappa shape index (κ3) is 5.97. The Hall–Kier alpha value is -3.03. The van der Waals surface area contributed by atoms with Crippen LogP contribution in [0.2, 0.25) is 0 Å². The second-order valence-corrected chi connectivity index (χ2v) is 6.88. The molecule has 0 aliphatic carbocycles. The van der Waals surface area contributed by atoms with E-state index >= 15 is 0 Å². The number of piperidine rings is 1. The molecule has 0 atom stereocenters. The zero-order valence-electron chi connectivity index (χ0n) is 15.6. The molecular weight excluding hydrogens is 385 g/mol. The van der Waals surface area contributed by atoms with Gasteiger partial charge in [-0.3, -0.25) is 9.59 Å². The van der Waals surface area contributed by atoms with Crippen LogP contribution in [-0.2, 0) is 11.3 Å². The summed E-state index contributed by atoms with van der Waals surface area (Å²) < 4.78 is 40.4. The molecule has 0 spiro atoms. The average molecular weight is 406 g/mol. The van der Waals surface area contributed by atoms with E-state index in [-0.39, 0.29) is 24.1 Å². The van der Waals surface area contributed by atoms with Crippen LogP contribution in [0.5, 0.6) is 5.75 Å². The average Bonchev–Trinajstić information content (AvgIpc) is 2.72. The fraction of sp³-hybridized carbons (Fsp3) is 0.333. The van der Waals surface area contributed by atoms with Crippen LogP contribution in [0.1, 0.15) is 28.8 Å². The Balaban J connectivity index is 1.45. The summed E-state index contributed by atoms with van der Waals surface area (Å²) in [7, 11) is 0. The minimum absolute atomic E-state index is 0.0587. The van der Waals surface area contributed by atoms with E-state index < -0.39 is 6.36 Å². The first kappa shape index (κ1) is 20.7. The third-order valence-electron chi connectivity index (χ3n) is 4.88. The lowest BCUT2D eigenvalue weighted by Gasteiger charge is -2.33. The quantitative estimate of drug-likeness (QED) is 0.739. The van der Waals surface area contributed by atoms with Crippen LogP contribution in [-0.4, -0.2) is 31.6 Å². The molecule has 3 rings (SSSR count). The number of benzene rings is 2. The largest absolute Gasteiger partial charge is 0.573 e. The molecule has 5 nitrogen and oxygen atoms in total. The van der Waals surface area contributed by atoms with Crippen molar-refractivity contribution in [2.45, 2.75) is 25.7 Å². The number of hydrogen-bond acceptors (Lipinski definition) is 4. The van der Waals surface area contributed by atoms with Crippen LogP contribution >= 0.6 is 0 Å². The summed E-state index contributed by atoms with van der Waals surface area (Å²) >= 11 is 0. The molecule has 1 fully saturated rings. The summed E-state index contributed by atoms with van der Waals surface area (Å²) in [5.74, 6) is -0.453. The van der Waals surface area contributed by atoms with Crippen LogP contribution < -0.4 is 15.0 Å². The topological polar surface area (TPSA) is 58.6 Å². The molecule has 29 heavy (non-hydrogen) atoms. The summed E-state index contributed by atoms with van der Waals surface area (Å²) in [4.78, 5) is 25.3. The van der Waals surface area contributed by atoms with Gasteiger partial charge in [-0.25, -0.2) is 0 Å². The molecule has 0 saturated carbocycles. The van der Waals surface area contributed by atoms with Gasteiger partial charge in [-0.2, -0.15) is 0 Å². The van der Waals surface area contributed by atoms with Crippen LogP contribution in [0.25, 0.3) is 0 Å². The van der Waals surface area contributed by atoms with Crippen molar-refractivity contribution in [3.8, 4) is 5.75 Å². The van der Waals surface area contributed by atoms with Gasteiger partial charge >= 0.3 is 6.36 Å². The number of anilines is 1. The predicted octanol–water partition coefficient (Wildman–Crippen LogP) is 3.93. The van der Waals surface area contributed by atoms with Crippen molar-refractivity contribution in [1.29, 1.82) is 0 Å². The highest BCUT2D eigenvalue weighted by atomic mass is 19.4. The molecule has 0 aromatic heterocycles. The number of rotatable bonds is 6. The number of ether oxygens (including phenoxy) is 1. The van der Waals surface area contributed by atoms with E-state index in [1.807, 2.05) is 12.1 Å². The maximum Gasteiger partial charge on any atom is 0.573 e. The highest BCUT2D eigenvalue weighted by Crippen LogP contribution is 2.25. The molecule has 2 aromatic carbocycles. The maximum absolute atomic E-state index is 12.4. The standard InChI is InChI=1S/C21H21F3N2O3/c22-21(23,24)29-19-7-3-15(4-8-19)13-25-20(28)17-9-11-26(12-10-17)18-5-1-16(14-27)2-6-18/h1-8,14,17H,9-13H2,(H,25,28). The van der Waals surface area contributed by atoms with Crippen molar-refractivity contribution in [2.75, 3.05) is 18.0 Å². The SMILES string of the molecule is O=Cc1ccc(N2CCC(C(=O)NCc3ccc(OC(F)(F)F)cc3)CC2)cc1. The Morgan fingerprint density at radius 3 is 2.24 bits per heavy atom. The summed E-state index contributed by atoms with van der Waals surface area (Å²) in [6.07, 6.45) is -2.50. The highest BCUT2D eigenvalue weighted by molar-refractivity contribution is 5.79. The Kier molecular flexibility index (Phi) is 6.41. The van der Waals surface area contributed by atoms with Gasteiger partial charge in [0.1, 0.15) is 12.0 Å². The van der Waals surface area contributed by atoms with Crippen LogP contribution in [0.15, 0.2) is 48.5 Å². The number of nitrogens with one attached hydrogen (secondary N) is 1. The first-order valence-electron chi connectivity index (χ1n) is 9.26. The Labute approximate surface area is 166 Å². The molecule has 0 radical (unpaired) electrons. The predicted molar refractivity (Wildman–Crippen MR) is 102 cm³/mol. The van der Waals surface area contributed by atoms with Crippen molar-refractivity contribution in [1.82, 2.24) is 5.32 Å². The van der Waals surface area contributed by atoms with Gasteiger partial charge in [-0.05, 0) is 54.8 Å². The van der Waals surface area contributed by atoms with E-state index in [1.165, 1.54) is 24.3 Å². The van der Waals surface area contributed by atoms with Gasteiger partial charge in [-0.1, -0.05) is 12.1 Å². The monoisotopic (exact) mass is 406 g/mol. The van der Waals surface area contributed by atoms with E-state index in [0.717, 1.165) is 25.1 Å². The number of hydrogen-bond donors (Lipinski definition) is 1. The number of carbonyl (C=O) groups is 2. The fourth-order valence-corrected chi connectivity index (χ4v) is 3.31. The number of carbonyl (C=O) groups excluding carboxylic acids is 2. The zero-order chi connectivity index (χ0) is 20.9. The first-order valence-corrected chi connectivity index (χ1v) is 9.26. The van der Waals surface area contributed by atoms with Crippen molar-refractivity contribution < 1.29 is 27.5 Å². The molecule has 2 aromatic rings. The Bertz CT molecular complexity index is 828. The van der Waals surface area contributed by atoms with Gasteiger partial charge in [0.15, 0.2) is 0 Å². The first-order chi connectivity index (χ1) is 13.8. The summed E-state index contributed by atoms with van der Waals surface area (Å²) in [6.45, 7) is 1.72. The molecule has 1 saturated heterocycles. The Morgan fingerprint density at radius 1 is 1.07 bits per heavy atom. The molecule has 1 aliphatic rings. The van der Waals surface area contributed by atoms with Crippen LogP contribution in [0, 0.1) is 5.92 Å². The molecule has 154 valence electrons. The van der Waals surface area contributed by atoms with Crippen molar-refractivity contribution in [3.05, 3.63) is 59.7 Å². The molecular formula is C21H21F3N2O3. The fourth-order valence-electron chi connectivity index (χ4n) is 3.31. The van der Waals surface area contributed by atoms with E-state index in [9.17, 15) is 22.8 Å². The van der Waals surface area contributed by atoms with Gasteiger partial charge in [0.25, 0.3) is 0 Å². The van der Waals surface area contributed by atoms with E-state index in [0.29, 0.717) is 24.0 Å². The van der Waals surface area contributed by atoms with E-state index in [1.54, 1.807) is 12.1 Å². The minimum atomic E-state index is -4.72. The van der Waals surface area contributed by atoms with Gasteiger partial charge in [0.05, 0.1) is 0 Å². The highest BCUT2D eigenvalue weighted by Gasteiger charge is 2.31. The summed E-state index contributed by atoms with van der Waals surface area (Å²) in [6, 6.07) is 12.8. The Morgan fingerprint density at radius 2 is 1.69 bits per heavy atom. The van der Waals surface area contributed by atoms with E-state index in [2.05, 4.69) is 15.0 Å². The van der Waals surface area contributed by atoms with E-state index in [4.69, 9.17) is 0 Å². The maximum atomic E-state index is 12.4. The second kappa shape index (κ2) is 8.98. The molecule has 1 aliphatic heterocycles. The van der Waals surface area contributed by atoms with Crippen molar-refractivity contribution in [3.63, 3.8) is 0 Å². The van der Waals surface area contributed by atoms with Crippen molar-refractivity contribution >= 4 is 17.9 Å². The second-order valence-electron chi connectivity index (χ2n) is 6.88. The lowest BCUT2D eigenvalue weighted by molar-refractivity contribution is -0.274. The molecule has 1 N–H and O–H groups in total. The smallest absolute Gasteiger partial charge is 0.406 e. The number of halogens is 3. The zero-order valence-corrected chi connectivity index (χ0v) is 15.6. The van der Waals surface area contributed by atoms with Gasteiger partial charge in [-0.15, -0.1) is 13.2 Å². The molecule has 0 bridgehead atoms. The number of alkyl halides is 3. The van der Waals surface area contributed by atoms with Gasteiger partial charge in [0.2, 0.25) is 5.91 Å². The lowest BCUT2D eigenvalue weighted by atomic mass is 9.95. The van der Waals surface area contributed by atoms with Gasteiger partial charge in [0, 0.05) is 36.8 Å². The molecule has 1 amide bonds. The minimum Gasteiger partial charge on any atom is -0.406 e. The molecule has 0 unspecified atom stereocenters. The normalized spacial score (nSPS) is 15.1. The number of amides is 1. The number of aldehydes is 1. The summed E-state index contributed by atoms with van der Waals surface area (Å²) in [5, 5.41) is 2.85. The van der Waals surface area contributed by atoms with Crippen LogP contribution in [0.4, 0.5) is 18.9 Å². The van der Waals surface area contributed by atoms with Crippen LogP contribution in [0.3, 0.4) is 0 Å². The number of nitrogens with zero attached hydrogens (tertiary/aromatic N) is 1. The third-order valence-corrected chi connectivity index (χ3v) is 4.88. The van der Waals surface area contributed by atoms with Gasteiger partial charge < -0.3 is 15.0 Å². The molecule has 8 heteroatoms. The molecule has 1 heterocycles. The van der Waals surface area contributed by atoms with Crippen molar-refractivity contribution in [2.24, 2.45) is 5.92 Å². The summed E-state index contributed by atoms with van der Waals surface area (Å²) in [5.41, 5.74) is 2.34. The lowest BCUT2D eigenvalue weighted by Crippen LogP contribution is -2.40.